The minimum absolute atomic E-state index is 0.0556. The molecule has 5 aromatic carbocycles. The van der Waals surface area contributed by atoms with Crippen LogP contribution in [0.25, 0.3) is 22.3 Å². The molecule has 7 nitrogen and oxygen atoms in total. The minimum Gasteiger partial charge on any atom is -0.326 e. The molecule has 0 spiro atoms. The molecule has 51 heavy (non-hydrogen) atoms. The lowest BCUT2D eigenvalue weighted by Crippen LogP contribution is -2.28. The van der Waals surface area contributed by atoms with Gasteiger partial charge < -0.3 is 5.32 Å². The van der Waals surface area contributed by atoms with E-state index in [0.29, 0.717) is 12.1 Å². The van der Waals surface area contributed by atoms with Gasteiger partial charge in [0.25, 0.3) is 16.0 Å². The van der Waals surface area contributed by atoms with Crippen LogP contribution in [0.2, 0.25) is 0 Å². The summed E-state index contributed by atoms with van der Waals surface area (Å²) in [5.41, 5.74) is 13.8. The zero-order valence-corrected chi connectivity index (χ0v) is 31.1. The molecule has 264 valence electrons. The van der Waals surface area contributed by atoms with Gasteiger partial charge in [0.15, 0.2) is 0 Å². The van der Waals surface area contributed by atoms with Gasteiger partial charge in [-0.1, -0.05) is 111 Å². The van der Waals surface area contributed by atoms with Gasteiger partial charge >= 0.3 is 0 Å². The van der Waals surface area contributed by atoms with E-state index >= 15 is 0 Å². The van der Waals surface area contributed by atoms with Crippen molar-refractivity contribution in [2.75, 3.05) is 11.1 Å². The average Bonchev–Trinajstić information content (AvgIpc) is 3.10. The SMILES string of the molecule is CCS(=O)(=O)ONC(=O)c1cccc(C[C@@H](C(=O)Nc2ccc(-c3c(C)cc(C)cc3C)cc2)c2ccc(-c3ccc(C(C)(C)C)cc3)cc2)c1. The Morgan fingerprint density at radius 1 is 0.745 bits per heavy atom. The predicted molar refractivity (Wildman–Crippen MR) is 206 cm³/mol. The third kappa shape index (κ3) is 9.39. The molecular weight excluding hydrogens is 657 g/mol. The molecule has 0 heterocycles. The van der Waals surface area contributed by atoms with Crippen LogP contribution in [0.5, 0.6) is 0 Å². The smallest absolute Gasteiger partial charge is 0.287 e. The lowest BCUT2D eigenvalue weighted by atomic mass is 9.86. The van der Waals surface area contributed by atoms with Crippen LogP contribution in [0.3, 0.4) is 0 Å². The number of amides is 2. The molecule has 0 aliphatic carbocycles. The summed E-state index contributed by atoms with van der Waals surface area (Å²) in [7, 11) is -3.87. The second kappa shape index (κ2) is 15.5. The summed E-state index contributed by atoms with van der Waals surface area (Å²) in [6.45, 7) is 14.3. The number of carbonyl (C=O) groups is 2. The van der Waals surface area contributed by atoms with E-state index in [1.54, 1.807) is 18.2 Å². The van der Waals surface area contributed by atoms with Crippen molar-refractivity contribution in [3.63, 3.8) is 0 Å². The van der Waals surface area contributed by atoms with Gasteiger partial charge in [-0.15, -0.1) is 4.28 Å². The van der Waals surface area contributed by atoms with E-state index < -0.39 is 21.9 Å². The van der Waals surface area contributed by atoms with Crippen molar-refractivity contribution in [1.29, 1.82) is 0 Å². The average molecular weight is 703 g/mol. The van der Waals surface area contributed by atoms with Gasteiger partial charge in [-0.05, 0) is 114 Å². The van der Waals surface area contributed by atoms with Crippen LogP contribution < -0.4 is 10.8 Å². The van der Waals surface area contributed by atoms with Crippen molar-refractivity contribution in [2.45, 2.75) is 66.2 Å². The molecule has 0 aromatic heterocycles. The number of hydrogen-bond donors (Lipinski definition) is 2. The predicted octanol–water partition coefficient (Wildman–Crippen LogP) is 9.22. The van der Waals surface area contributed by atoms with E-state index in [2.05, 4.69) is 87.5 Å². The van der Waals surface area contributed by atoms with Crippen molar-refractivity contribution in [2.24, 2.45) is 0 Å². The topological polar surface area (TPSA) is 102 Å². The normalized spacial score (nSPS) is 12.3. The molecule has 2 amide bonds. The number of hydroxylamine groups is 1. The lowest BCUT2D eigenvalue weighted by molar-refractivity contribution is -0.117. The molecule has 0 unspecified atom stereocenters. The summed E-state index contributed by atoms with van der Waals surface area (Å²) >= 11 is 0. The molecule has 0 bridgehead atoms. The molecule has 5 aromatic rings. The molecular formula is C43H46N2O5S. The van der Waals surface area contributed by atoms with Crippen molar-refractivity contribution >= 4 is 27.6 Å². The molecule has 5 rings (SSSR count). The molecule has 0 saturated heterocycles. The molecule has 1 atom stereocenters. The first-order valence-electron chi connectivity index (χ1n) is 17.1. The van der Waals surface area contributed by atoms with Gasteiger partial charge in [0.1, 0.15) is 0 Å². The van der Waals surface area contributed by atoms with Crippen LogP contribution in [0.4, 0.5) is 5.69 Å². The number of benzene rings is 5. The maximum atomic E-state index is 14.1. The number of nitrogens with one attached hydrogen (secondary N) is 2. The van der Waals surface area contributed by atoms with Gasteiger partial charge in [0.05, 0.1) is 11.7 Å². The highest BCUT2D eigenvalue weighted by molar-refractivity contribution is 7.86. The number of rotatable bonds is 11. The zero-order chi connectivity index (χ0) is 36.9. The van der Waals surface area contributed by atoms with Crippen LogP contribution in [0.1, 0.15) is 77.4 Å². The Labute approximate surface area is 302 Å². The monoisotopic (exact) mass is 702 g/mol. The first-order valence-corrected chi connectivity index (χ1v) is 18.7. The molecule has 0 saturated carbocycles. The van der Waals surface area contributed by atoms with Crippen molar-refractivity contribution in [3.05, 3.63) is 148 Å². The highest BCUT2D eigenvalue weighted by atomic mass is 32.2. The van der Waals surface area contributed by atoms with E-state index in [4.69, 9.17) is 0 Å². The summed E-state index contributed by atoms with van der Waals surface area (Å²) in [5.74, 6) is -1.77. The molecule has 0 radical (unpaired) electrons. The summed E-state index contributed by atoms with van der Waals surface area (Å²) < 4.78 is 28.1. The maximum absolute atomic E-state index is 14.1. The fourth-order valence-corrected chi connectivity index (χ4v) is 6.63. The second-order valence-electron chi connectivity index (χ2n) is 14.1. The Morgan fingerprint density at radius 3 is 1.88 bits per heavy atom. The molecule has 2 N–H and O–H groups in total. The quantitative estimate of drug-likeness (QED) is 0.134. The fourth-order valence-electron chi connectivity index (χ4n) is 6.31. The van der Waals surface area contributed by atoms with E-state index in [1.165, 1.54) is 34.7 Å². The van der Waals surface area contributed by atoms with E-state index in [1.807, 2.05) is 60.1 Å². The summed E-state index contributed by atoms with van der Waals surface area (Å²) in [6.07, 6.45) is 0.292. The largest absolute Gasteiger partial charge is 0.326 e. The zero-order valence-electron chi connectivity index (χ0n) is 30.3. The Kier molecular flexibility index (Phi) is 11.3. The van der Waals surface area contributed by atoms with Gasteiger partial charge in [-0.25, -0.2) is 5.48 Å². The standard InChI is InChI=1S/C43H46N2O5S/c1-8-51(48,49)50-45-41(46)36-11-9-10-31(26-36)27-39(34-14-12-32(13-15-34)33-16-20-37(21-17-33)43(5,6)7)42(47)44-38-22-18-35(19-23-38)40-29(3)24-28(2)25-30(40)4/h9-26,39H,8,27H2,1-7H3,(H,44,47)(H,45,46)/t39-/m1/s1. The summed E-state index contributed by atoms with van der Waals surface area (Å²) in [6, 6.07) is 35.5. The van der Waals surface area contributed by atoms with Crippen molar-refractivity contribution < 1.29 is 22.3 Å². The van der Waals surface area contributed by atoms with Crippen LogP contribution in [-0.2, 0) is 31.0 Å². The minimum atomic E-state index is -3.87. The third-order valence-electron chi connectivity index (χ3n) is 9.08. The molecule has 0 aliphatic rings. The van der Waals surface area contributed by atoms with E-state index in [9.17, 15) is 18.0 Å². The van der Waals surface area contributed by atoms with Gasteiger partial charge in [0, 0.05) is 11.3 Å². The Hall–Kier alpha value is -5.05. The maximum Gasteiger partial charge on any atom is 0.287 e. The Balaban J connectivity index is 1.42. The molecule has 8 heteroatoms. The first kappa shape index (κ1) is 37.2. The van der Waals surface area contributed by atoms with E-state index in [0.717, 1.165) is 27.8 Å². The van der Waals surface area contributed by atoms with Crippen LogP contribution >= 0.6 is 0 Å². The highest BCUT2D eigenvalue weighted by Gasteiger charge is 2.23. The van der Waals surface area contributed by atoms with Crippen LogP contribution in [0, 0.1) is 20.8 Å². The first-order chi connectivity index (χ1) is 24.1. The van der Waals surface area contributed by atoms with E-state index in [-0.39, 0.29) is 22.6 Å². The lowest BCUT2D eigenvalue weighted by Gasteiger charge is -2.20. The second-order valence-corrected chi connectivity index (χ2v) is 16.0. The summed E-state index contributed by atoms with van der Waals surface area (Å²) in [4.78, 5) is 26.8. The van der Waals surface area contributed by atoms with Crippen LogP contribution in [-0.4, -0.2) is 26.0 Å². The molecule has 0 aliphatic heterocycles. The van der Waals surface area contributed by atoms with Gasteiger partial charge in [-0.3, -0.25) is 9.59 Å². The molecule has 0 fully saturated rings. The third-order valence-corrected chi connectivity index (χ3v) is 10.1. The number of hydrogen-bond acceptors (Lipinski definition) is 5. The van der Waals surface area contributed by atoms with Gasteiger partial charge in [-0.2, -0.15) is 8.42 Å². The number of aryl methyl sites for hydroxylation is 3. The van der Waals surface area contributed by atoms with Crippen LogP contribution in [0.15, 0.2) is 109 Å². The Morgan fingerprint density at radius 2 is 1.31 bits per heavy atom. The Bertz CT molecular complexity index is 2110. The van der Waals surface area contributed by atoms with Crippen molar-refractivity contribution in [3.8, 4) is 22.3 Å². The number of carbonyl (C=O) groups excluding carboxylic acids is 2. The fraction of sp³-hybridized carbons (Fsp3) is 0.256. The van der Waals surface area contributed by atoms with Crippen molar-refractivity contribution in [1.82, 2.24) is 5.48 Å². The number of anilines is 1. The summed E-state index contributed by atoms with van der Waals surface area (Å²) in [5, 5.41) is 3.12. The van der Waals surface area contributed by atoms with Gasteiger partial charge in [0.2, 0.25) is 5.91 Å². The highest BCUT2D eigenvalue weighted by Crippen LogP contribution is 2.32.